The summed E-state index contributed by atoms with van der Waals surface area (Å²) in [5.74, 6) is -1.83. The van der Waals surface area contributed by atoms with Crippen LogP contribution in [-0.4, -0.2) is 39.9 Å². The topological polar surface area (TPSA) is 111 Å². The third kappa shape index (κ3) is 5.16. The van der Waals surface area contributed by atoms with Crippen LogP contribution in [-0.2, 0) is 9.53 Å². The highest BCUT2D eigenvalue weighted by Crippen LogP contribution is 2.16. The number of aromatic nitrogens is 2. The van der Waals surface area contributed by atoms with Gasteiger partial charge in [-0.3, -0.25) is 9.59 Å². The molecule has 0 spiro atoms. The Morgan fingerprint density at radius 2 is 1.93 bits per heavy atom. The monoisotopic (exact) mass is 437 g/mol. The molecule has 9 heteroatoms. The average Bonchev–Trinajstić information content (AvgIpc) is 2.61. The molecular formula is C18H20BrN3O5. The van der Waals surface area contributed by atoms with Crippen LogP contribution >= 0.6 is 15.9 Å². The van der Waals surface area contributed by atoms with Crippen molar-refractivity contribution < 1.29 is 19.4 Å². The third-order valence-electron chi connectivity index (χ3n) is 3.70. The number of nitrogens with one attached hydrogen (secondary N) is 1. The first-order valence-electron chi connectivity index (χ1n) is 8.21. The smallest absolute Gasteiger partial charge is 0.328 e. The predicted molar refractivity (Wildman–Crippen MR) is 102 cm³/mol. The molecule has 1 heterocycles. The summed E-state index contributed by atoms with van der Waals surface area (Å²) in [5, 5.41) is 16.5. The van der Waals surface area contributed by atoms with Crippen molar-refractivity contribution in [1.82, 2.24) is 15.1 Å². The molecule has 0 bridgehead atoms. The summed E-state index contributed by atoms with van der Waals surface area (Å²) in [7, 11) is 1.23. The minimum Gasteiger partial charge on any atom is -0.505 e. The van der Waals surface area contributed by atoms with E-state index in [-0.39, 0.29) is 11.6 Å². The van der Waals surface area contributed by atoms with Crippen LogP contribution in [0.2, 0.25) is 0 Å². The quantitative estimate of drug-likeness (QED) is 0.668. The van der Waals surface area contributed by atoms with Gasteiger partial charge >= 0.3 is 5.97 Å². The summed E-state index contributed by atoms with van der Waals surface area (Å²) in [6, 6.07) is 6.70. The van der Waals surface area contributed by atoms with Gasteiger partial charge in [0, 0.05) is 10.5 Å². The van der Waals surface area contributed by atoms with Crippen LogP contribution in [0.1, 0.15) is 30.8 Å². The molecule has 2 rings (SSSR count). The van der Waals surface area contributed by atoms with E-state index >= 15 is 0 Å². The van der Waals surface area contributed by atoms with Crippen molar-refractivity contribution in [2.45, 2.75) is 26.3 Å². The van der Waals surface area contributed by atoms with E-state index in [4.69, 9.17) is 4.74 Å². The Morgan fingerprint density at radius 3 is 2.48 bits per heavy atom. The molecule has 144 valence electrons. The standard InChI is InChI=1S/C18H20BrN3O5/c1-10(2)8-13(18(26)27-3)20-17(25)16-14(23)9-15(24)22(21-16)12-6-4-11(19)5-7-12/h4-7,9-10,13,23H,8H2,1-3H3,(H,20,25). The van der Waals surface area contributed by atoms with Crippen LogP contribution in [0.25, 0.3) is 5.69 Å². The average molecular weight is 438 g/mol. The number of halogens is 1. The molecule has 1 aromatic carbocycles. The summed E-state index contributed by atoms with van der Waals surface area (Å²) in [6.45, 7) is 3.79. The molecule has 1 unspecified atom stereocenters. The summed E-state index contributed by atoms with van der Waals surface area (Å²) in [6.07, 6.45) is 0.353. The molecule has 1 aromatic heterocycles. The van der Waals surface area contributed by atoms with Crippen molar-refractivity contribution in [1.29, 1.82) is 0 Å². The molecule has 0 aliphatic heterocycles. The Balaban J connectivity index is 2.37. The molecule has 0 aliphatic rings. The fourth-order valence-corrected chi connectivity index (χ4v) is 2.69. The molecule has 0 saturated heterocycles. The van der Waals surface area contributed by atoms with E-state index in [1.54, 1.807) is 24.3 Å². The van der Waals surface area contributed by atoms with E-state index in [1.165, 1.54) is 7.11 Å². The highest BCUT2D eigenvalue weighted by atomic mass is 79.9. The van der Waals surface area contributed by atoms with Crippen LogP contribution in [0, 0.1) is 5.92 Å². The Kier molecular flexibility index (Phi) is 6.73. The number of carbonyl (C=O) groups excluding carboxylic acids is 2. The number of ether oxygens (including phenoxy) is 1. The first-order chi connectivity index (χ1) is 12.7. The maximum Gasteiger partial charge on any atom is 0.328 e. The van der Waals surface area contributed by atoms with Gasteiger partial charge in [-0.25, -0.2) is 4.79 Å². The number of hydrogen-bond acceptors (Lipinski definition) is 6. The number of methoxy groups -OCH3 is 1. The molecule has 27 heavy (non-hydrogen) atoms. The predicted octanol–water partition coefficient (Wildman–Crippen LogP) is 2.02. The van der Waals surface area contributed by atoms with Crippen molar-refractivity contribution in [2.24, 2.45) is 5.92 Å². The second-order valence-electron chi connectivity index (χ2n) is 6.28. The van der Waals surface area contributed by atoms with E-state index in [1.807, 2.05) is 13.8 Å². The number of esters is 1. The van der Waals surface area contributed by atoms with Crippen LogP contribution < -0.4 is 10.9 Å². The highest BCUT2D eigenvalue weighted by molar-refractivity contribution is 9.10. The van der Waals surface area contributed by atoms with Gasteiger partial charge in [0.1, 0.15) is 6.04 Å². The van der Waals surface area contributed by atoms with Gasteiger partial charge in [-0.1, -0.05) is 29.8 Å². The van der Waals surface area contributed by atoms with Crippen molar-refractivity contribution in [3.05, 3.63) is 50.9 Å². The molecule has 2 N–H and O–H groups in total. The van der Waals surface area contributed by atoms with Crippen LogP contribution in [0.5, 0.6) is 5.75 Å². The number of amides is 1. The Hall–Kier alpha value is -2.68. The maximum atomic E-state index is 12.6. The van der Waals surface area contributed by atoms with Crippen LogP contribution in [0.15, 0.2) is 39.6 Å². The number of benzene rings is 1. The molecule has 0 aliphatic carbocycles. The lowest BCUT2D eigenvalue weighted by atomic mass is 10.0. The fraction of sp³-hybridized carbons (Fsp3) is 0.333. The van der Waals surface area contributed by atoms with E-state index in [0.717, 1.165) is 15.2 Å². The zero-order chi connectivity index (χ0) is 20.1. The molecule has 2 aromatic rings. The lowest BCUT2D eigenvalue weighted by Gasteiger charge is -2.18. The zero-order valence-corrected chi connectivity index (χ0v) is 16.7. The number of rotatable bonds is 6. The van der Waals surface area contributed by atoms with Gasteiger partial charge in [0.05, 0.1) is 12.8 Å². The van der Waals surface area contributed by atoms with Gasteiger partial charge < -0.3 is 15.2 Å². The van der Waals surface area contributed by atoms with Crippen molar-refractivity contribution >= 4 is 27.8 Å². The van der Waals surface area contributed by atoms with Gasteiger partial charge in [-0.2, -0.15) is 9.78 Å². The molecule has 0 saturated carbocycles. The Bertz CT molecular complexity index is 893. The summed E-state index contributed by atoms with van der Waals surface area (Å²) >= 11 is 3.30. The van der Waals surface area contributed by atoms with Crippen molar-refractivity contribution in [3.63, 3.8) is 0 Å². The van der Waals surface area contributed by atoms with Crippen molar-refractivity contribution in [2.75, 3.05) is 7.11 Å². The first kappa shape index (κ1) is 20.6. The lowest BCUT2D eigenvalue weighted by Crippen LogP contribution is -2.43. The third-order valence-corrected chi connectivity index (χ3v) is 4.22. The fourth-order valence-electron chi connectivity index (χ4n) is 2.43. The van der Waals surface area contributed by atoms with Crippen LogP contribution in [0.4, 0.5) is 0 Å². The Morgan fingerprint density at radius 1 is 1.30 bits per heavy atom. The lowest BCUT2D eigenvalue weighted by molar-refractivity contribution is -0.143. The van der Waals surface area contributed by atoms with Crippen molar-refractivity contribution in [3.8, 4) is 11.4 Å². The molecule has 1 amide bonds. The molecule has 0 radical (unpaired) electrons. The summed E-state index contributed by atoms with van der Waals surface area (Å²) in [5.41, 5.74) is -0.544. The first-order valence-corrected chi connectivity index (χ1v) is 9.00. The van der Waals surface area contributed by atoms with E-state index < -0.39 is 29.2 Å². The maximum absolute atomic E-state index is 12.6. The minimum absolute atomic E-state index is 0.118. The molecule has 1 atom stereocenters. The second-order valence-corrected chi connectivity index (χ2v) is 7.20. The number of nitrogens with zero attached hydrogens (tertiary/aromatic N) is 2. The number of hydrogen-bond donors (Lipinski definition) is 2. The normalized spacial score (nSPS) is 11.9. The highest BCUT2D eigenvalue weighted by Gasteiger charge is 2.26. The van der Waals surface area contributed by atoms with Crippen LogP contribution in [0.3, 0.4) is 0 Å². The van der Waals surface area contributed by atoms with Gasteiger partial charge in [-0.15, -0.1) is 0 Å². The van der Waals surface area contributed by atoms with E-state index in [0.29, 0.717) is 12.1 Å². The van der Waals surface area contributed by atoms with E-state index in [9.17, 15) is 19.5 Å². The van der Waals surface area contributed by atoms with Gasteiger partial charge in [0.25, 0.3) is 11.5 Å². The largest absolute Gasteiger partial charge is 0.505 e. The Labute approximate surface area is 164 Å². The molecule has 8 nitrogen and oxygen atoms in total. The minimum atomic E-state index is -0.892. The van der Waals surface area contributed by atoms with Gasteiger partial charge in [0.15, 0.2) is 11.4 Å². The zero-order valence-electron chi connectivity index (χ0n) is 15.1. The molecule has 0 fully saturated rings. The van der Waals surface area contributed by atoms with Gasteiger partial charge in [-0.05, 0) is 36.6 Å². The molecular weight excluding hydrogens is 418 g/mol. The number of aromatic hydroxyl groups is 1. The summed E-state index contributed by atoms with van der Waals surface area (Å²) < 4.78 is 6.51. The van der Waals surface area contributed by atoms with E-state index in [2.05, 4.69) is 26.3 Å². The number of carbonyl (C=O) groups is 2. The second kappa shape index (κ2) is 8.81. The SMILES string of the molecule is COC(=O)C(CC(C)C)NC(=O)c1nn(-c2ccc(Br)cc2)c(=O)cc1O. The van der Waals surface area contributed by atoms with Gasteiger partial charge in [0.2, 0.25) is 0 Å². The summed E-state index contributed by atoms with van der Waals surface area (Å²) in [4.78, 5) is 36.6.